The smallest absolute Gasteiger partial charge is 0.239 e. The standard InChI is InChI=1S/C10H7N5O/c1-2-4-8(5-3-1)16-10-7-6-9-11-13-14-15(9)12-10/h1-7H. The highest BCUT2D eigenvalue weighted by atomic mass is 16.5. The molecular weight excluding hydrogens is 206 g/mol. The first-order valence-electron chi connectivity index (χ1n) is 4.70. The number of para-hydroxylation sites is 1. The molecule has 0 radical (unpaired) electrons. The van der Waals surface area contributed by atoms with Crippen molar-refractivity contribution >= 4 is 5.65 Å². The molecule has 0 aliphatic carbocycles. The van der Waals surface area contributed by atoms with Gasteiger partial charge in [0.2, 0.25) is 5.88 Å². The van der Waals surface area contributed by atoms with Gasteiger partial charge in [0.15, 0.2) is 5.65 Å². The summed E-state index contributed by atoms with van der Waals surface area (Å²) in [5.41, 5.74) is 0.584. The van der Waals surface area contributed by atoms with Crippen LogP contribution in [0.4, 0.5) is 0 Å². The van der Waals surface area contributed by atoms with Crippen LogP contribution in [0.15, 0.2) is 42.5 Å². The van der Waals surface area contributed by atoms with Crippen LogP contribution in [0.1, 0.15) is 0 Å². The van der Waals surface area contributed by atoms with Crippen molar-refractivity contribution in [3.05, 3.63) is 42.5 Å². The summed E-state index contributed by atoms with van der Waals surface area (Å²) >= 11 is 0. The van der Waals surface area contributed by atoms with Crippen LogP contribution in [0.2, 0.25) is 0 Å². The number of benzene rings is 1. The van der Waals surface area contributed by atoms with Crippen molar-refractivity contribution in [1.29, 1.82) is 0 Å². The molecule has 0 aliphatic rings. The van der Waals surface area contributed by atoms with Gasteiger partial charge < -0.3 is 4.74 Å². The van der Waals surface area contributed by atoms with Crippen LogP contribution in [0.5, 0.6) is 11.6 Å². The van der Waals surface area contributed by atoms with Gasteiger partial charge >= 0.3 is 0 Å². The van der Waals surface area contributed by atoms with Crippen LogP contribution in [0, 0.1) is 0 Å². The third kappa shape index (κ3) is 1.56. The molecule has 6 heteroatoms. The Bertz CT molecular complexity index is 607. The van der Waals surface area contributed by atoms with E-state index in [0.717, 1.165) is 5.75 Å². The fourth-order valence-corrected chi connectivity index (χ4v) is 1.30. The van der Waals surface area contributed by atoms with E-state index in [4.69, 9.17) is 4.74 Å². The van der Waals surface area contributed by atoms with Gasteiger partial charge in [-0.25, -0.2) is 0 Å². The minimum absolute atomic E-state index is 0.450. The van der Waals surface area contributed by atoms with Crippen LogP contribution in [0.3, 0.4) is 0 Å². The molecule has 78 valence electrons. The van der Waals surface area contributed by atoms with E-state index < -0.39 is 0 Å². The second kappa shape index (κ2) is 3.58. The Morgan fingerprint density at radius 3 is 2.75 bits per heavy atom. The molecule has 0 amide bonds. The van der Waals surface area contributed by atoms with Crippen molar-refractivity contribution in [3.8, 4) is 11.6 Å². The first-order chi connectivity index (χ1) is 7.92. The van der Waals surface area contributed by atoms with Crippen molar-refractivity contribution in [2.45, 2.75) is 0 Å². The monoisotopic (exact) mass is 213 g/mol. The Balaban J connectivity index is 1.94. The van der Waals surface area contributed by atoms with Crippen LogP contribution in [-0.2, 0) is 0 Å². The fourth-order valence-electron chi connectivity index (χ4n) is 1.30. The van der Waals surface area contributed by atoms with Crippen molar-refractivity contribution in [1.82, 2.24) is 25.3 Å². The molecule has 0 saturated carbocycles. The van der Waals surface area contributed by atoms with E-state index in [1.807, 2.05) is 30.3 Å². The number of fused-ring (bicyclic) bond motifs is 1. The maximum Gasteiger partial charge on any atom is 0.239 e. The Kier molecular flexibility index (Phi) is 1.96. The largest absolute Gasteiger partial charge is 0.438 e. The maximum atomic E-state index is 5.53. The van der Waals surface area contributed by atoms with Crippen molar-refractivity contribution in [2.75, 3.05) is 0 Å². The first-order valence-corrected chi connectivity index (χ1v) is 4.70. The minimum atomic E-state index is 0.450. The van der Waals surface area contributed by atoms with E-state index in [-0.39, 0.29) is 0 Å². The lowest BCUT2D eigenvalue weighted by Gasteiger charge is -2.02. The summed E-state index contributed by atoms with van der Waals surface area (Å²) < 4.78 is 6.85. The average Bonchev–Trinajstić information content (AvgIpc) is 2.77. The lowest BCUT2D eigenvalue weighted by molar-refractivity contribution is 0.447. The minimum Gasteiger partial charge on any atom is -0.438 e. The number of hydrogen-bond donors (Lipinski definition) is 0. The van der Waals surface area contributed by atoms with Gasteiger partial charge in [-0.1, -0.05) is 18.2 Å². The van der Waals surface area contributed by atoms with Gasteiger partial charge in [0.1, 0.15) is 5.75 Å². The van der Waals surface area contributed by atoms with Gasteiger partial charge in [-0.2, -0.15) is 0 Å². The zero-order chi connectivity index (χ0) is 10.8. The summed E-state index contributed by atoms with van der Waals surface area (Å²) in [6.07, 6.45) is 0. The van der Waals surface area contributed by atoms with Crippen LogP contribution < -0.4 is 4.74 Å². The molecule has 2 heterocycles. The third-order valence-electron chi connectivity index (χ3n) is 2.01. The molecule has 3 rings (SSSR count). The molecule has 6 nitrogen and oxygen atoms in total. The Hall–Kier alpha value is -2.50. The van der Waals surface area contributed by atoms with E-state index >= 15 is 0 Å². The molecule has 16 heavy (non-hydrogen) atoms. The zero-order valence-electron chi connectivity index (χ0n) is 8.19. The quantitative estimate of drug-likeness (QED) is 0.642. The Labute approximate surface area is 90.5 Å². The molecular formula is C10H7N5O. The summed E-state index contributed by atoms with van der Waals surface area (Å²) in [7, 11) is 0. The highest BCUT2D eigenvalue weighted by Gasteiger charge is 2.02. The van der Waals surface area contributed by atoms with Crippen LogP contribution in [0.25, 0.3) is 5.65 Å². The average molecular weight is 213 g/mol. The van der Waals surface area contributed by atoms with Crippen molar-refractivity contribution in [3.63, 3.8) is 0 Å². The molecule has 0 bridgehead atoms. The van der Waals surface area contributed by atoms with Crippen molar-refractivity contribution in [2.24, 2.45) is 0 Å². The number of ether oxygens (including phenoxy) is 1. The van der Waals surface area contributed by atoms with Gasteiger partial charge in [0.25, 0.3) is 0 Å². The van der Waals surface area contributed by atoms with Gasteiger partial charge in [-0.05, 0) is 28.6 Å². The topological polar surface area (TPSA) is 65.2 Å². The van der Waals surface area contributed by atoms with Crippen LogP contribution in [-0.4, -0.2) is 25.3 Å². The van der Waals surface area contributed by atoms with E-state index in [0.29, 0.717) is 11.5 Å². The summed E-state index contributed by atoms with van der Waals surface area (Å²) in [5.74, 6) is 1.17. The van der Waals surface area contributed by atoms with E-state index in [1.165, 1.54) is 4.63 Å². The van der Waals surface area contributed by atoms with Gasteiger partial charge in [0.05, 0.1) is 0 Å². The molecule has 0 atom stereocenters. The molecule has 2 aromatic heterocycles. The SMILES string of the molecule is c1ccc(Oc2ccc3nnnn3n2)cc1. The van der Waals surface area contributed by atoms with Gasteiger partial charge in [-0.15, -0.1) is 14.8 Å². The fraction of sp³-hybridized carbons (Fsp3) is 0. The van der Waals surface area contributed by atoms with E-state index in [9.17, 15) is 0 Å². The van der Waals surface area contributed by atoms with Crippen molar-refractivity contribution < 1.29 is 4.74 Å². The summed E-state index contributed by atoms with van der Waals surface area (Å²) in [5, 5.41) is 15.0. The molecule has 0 aliphatic heterocycles. The number of rotatable bonds is 2. The lowest BCUT2D eigenvalue weighted by atomic mass is 10.3. The Morgan fingerprint density at radius 1 is 1.00 bits per heavy atom. The highest BCUT2D eigenvalue weighted by molar-refractivity contribution is 5.35. The van der Waals surface area contributed by atoms with Gasteiger partial charge in [0, 0.05) is 6.07 Å². The van der Waals surface area contributed by atoms with E-state index in [2.05, 4.69) is 20.6 Å². The third-order valence-corrected chi connectivity index (χ3v) is 2.01. The molecule has 1 aromatic carbocycles. The second-order valence-corrected chi connectivity index (χ2v) is 3.11. The highest BCUT2D eigenvalue weighted by Crippen LogP contribution is 2.17. The normalized spacial score (nSPS) is 10.5. The zero-order valence-corrected chi connectivity index (χ0v) is 8.19. The van der Waals surface area contributed by atoms with Gasteiger partial charge in [-0.3, -0.25) is 0 Å². The predicted octanol–water partition coefficient (Wildman–Crippen LogP) is 1.31. The number of tetrazole rings is 1. The molecule has 0 N–H and O–H groups in total. The predicted molar refractivity (Wildman–Crippen MR) is 55.1 cm³/mol. The van der Waals surface area contributed by atoms with E-state index in [1.54, 1.807) is 12.1 Å². The number of hydrogen-bond acceptors (Lipinski definition) is 5. The number of aromatic nitrogens is 5. The lowest BCUT2D eigenvalue weighted by Crippen LogP contribution is -1.96. The molecule has 0 spiro atoms. The maximum absolute atomic E-state index is 5.53. The summed E-state index contributed by atoms with van der Waals surface area (Å²) in [6.45, 7) is 0. The van der Waals surface area contributed by atoms with Crippen LogP contribution >= 0.6 is 0 Å². The number of nitrogens with zero attached hydrogens (tertiary/aromatic N) is 5. The molecule has 0 fully saturated rings. The summed E-state index contributed by atoms with van der Waals surface area (Å²) in [4.78, 5) is 0. The summed E-state index contributed by atoms with van der Waals surface area (Å²) in [6, 6.07) is 12.9. The molecule has 0 saturated heterocycles. The Morgan fingerprint density at radius 2 is 1.88 bits per heavy atom. The molecule has 0 unspecified atom stereocenters. The first kappa shape index (κ1) is 8.78. The second-order valence-electron chi connectivity index (χ2n) is 3.11. The molecule has 3 aromatic rings.